The van der Waals surface area contributed by atoms with Gasteiger partial charge in [-0.2, -0.15) is 0 Å². The van der Waals surface area contributed by atoms with Crippen LogP contribution in [0.3, 0.4) is 0 Å². The highest BCUT2D eigenvalue weighted by Crippen LogP contribution is 2.32. The molecule has 4 rings (SSSR count). The number of ether oxygens (including phenoxy) is 3. The van der Waals surface area contributed by atoms with Gasteiger partial charge in [-0.15, -0.1) is 13.2 Å². The molecule has 31 heavy (non-hydrogen) atoms. The molecule has 1 amide bonds. The third-order valence-electron chi connectivity index (χ3n) is 4.90. The van der Waals surface area contributed by atoms with E-state index in [-0.39, 0.29) is 30.2 Å². The number of carbonyl (C=O) groups excluding carboxylic acids is 1. The molecule has 0 bridgehead atoms. The van der Waals surface area contributed by atoms with E-state index in [4.69, 9.17) is 14.0 Å². The lowest BCUT2D eigenvalue weighted by molar-refractivity contribution is -0.274. The van der Waals surface area contributed by atoms with E-state index in [0.717, 1.165) is 5.56 Å². The molecule has 2 heterocycles. The SMILES string of the molecule is CC(=O)N1CCOC[C@H]1COc1noc2ccc(-c3ccc(OC(F)(F)F)cc3)cc12. The summed E-state index contributed by atoms with van der Waals surface area (Å²) in [6.07, 6.45) is -4.74. The Bertz CT molecular complexity index is 1070. The number of rotatable bonds is 5. The summed E-state index contributed by atoms with van der Waals surface area (Å²) in [5, 5.41) is 4.56. The second-order valence-electron chi connectivity index (χ2n) is 7.02. The van der Waals surface area contributed by atoms with Gasteiger partial charge in [0.15, 0.2) is 5.58 Å². The van der Waals surface area contributed by atoms with E-state index >= 15 is 0 Å². The van der Waals surface area contributed by atoms with Gasteiger partial charge in [0.2, 0.25) is 5.91 Å². The second kappa shape index (κ2) is 8.46. The summed E-state index contributed by atoms with van der Waals surface area (Å²) in [5.41, 5.74) is 1.93. The van der Waals surface area contributed by atoms with Gasteiger partial charge in [0.25, 0.3) is 5.88 Å². The molecule has 0 N–H and O–H groups in total. The summed E-state index contributed by atoms with van der Waals surface area (Å²) < 4.78 is 57.5. The summed E-state index contributed by atoms with van der Waals surface area (Å²) in [7, 11) is 0. The molecule has 7 nitrogen and oxygen atoms in total. The summed E-state index contributed by atoms with van der Waals surface area (Å²) in [4.78, 5) is 13.5. The molecule has 1 atom stereocenters. The first kappa shape index (κ1) is 21.0. The molecular formula is C21H19F3N2O5. The average molecular weight is 436 g/mol. The van der Waals surface area contributed by atoms with E-state index in [1.807, 2.05) is 0 Å². The van der Waals surface area contributed by atoms with Crippen molar-refractivity contribution in [3.05, 3.63) is 42.5 Å². The van der Waals surface area contributed by atoms with Crippen LogP contribution < -0.4 is 9.47 Å². The van der Waals surface area contributed by atoms with Crippen LogP contribution in [0.25, 0.3) is 22.1 Å². The van der Waals surface area contributed by atoms with Crippen LogP contribution in [0, 0.1) is 0 Å². The molecule has 0 unspecified atom stereocenters. The molecule has 1 aliphatic rings. The Hall–Kier alpha value is -3.27. The van der Waals surface area contributed by atoms with Crippen LogP contribution in [0.4, 0.5) is 13.2 Å². The van der Waals surface area contributed by atoms with Gasteiger partial charge in [-0.3, -0.25) is 4.79 Å². The first-order valence-electron chi connectivity index (χ1n) is 9.53. The largest absolute Gasteiger partial charge is 0.573 e. The van der Waals surface area contributed by atoms with Crippen molar-refractivity contribution in [1.82, 2.24) is 10.1 Å². The van der Waals surface area contributed by atoms with Crippen molar-refractivity contribution in [2.45, 2.75) is 19.3 Å². The third-order valence-corrected chi connectivity index (χ3v) is 4.90. The Morgan fingerprint density at radius 1 is 1.19 bits per heavy atom. The molecule has 0 saturated carbocycles. The van der Waals surface area contributed by atoms with Crippen molar-refractivity contribution in [2.24, 2.45) is 0 Å². The molecule has 164 valence electrons. The molecular weight excluding hydrogens is 417 g/mol. The van der Waals surface area contributed by atoms with E-state index in [0.29, 0.717) is 36.3 Å². The molecule has 0 aliphatic carbocycles. The van der Waals surface area contributed by atoms with Gasteiger partial charge in [-0.25, -0.2) is 0 Å². The van der Waals surface area contributed by atoms with Crippen molar-refractivity contribution in [3.63, 3.8) is 0 Å². The van der Waals surface area contributed by atoms with Crippen LogP contribution in [0.1, 0.15) is 6.92 Å². The topological polar surface area (TPSA) is 74.0 Å². The van der Waals surface area contributed by atoms with Crippen LogP contribution in [0.15, 0.2) is 47.0 Å². The van der Waals surface area contributed by atoms with E-state index < -0.39 is 6.36 Å². The zero-order valence-corrected chi connectivity index (χ0v) is 16.5. The first-order chi connectivity index (χ1) is 14.8. The van der Waals surface area contributed by atoms with Crippen LogP contribution in [0.2, 0.25) is 0 Å². The van der Waals surface area contributed by atoms with Gasteiger partial charge < -0.3 is 23.6 Å². The summed E-state index contributed by atoms with van der Waals surface area (Å²) >= 11 is 0. The van der Waals surface area contributed by atoms with Gasteiger partial charge in [-0.05, 0) is 40.5 Å². The Morgan fingerprint density at radius 3 is 2.65 bits per heavy atom. The number of morpholine rings is 1. The van der Waals surface area contributed by atoms with E-state index in [9.17, 15) is 18.0 Å². The molecule has 1 aromatic heterocycles. The Morgan fingerprint density at radius 2 is 1.94 bits per heavy atom. The quantitative estimate of drug-likeness (QED) is 0.602. The second-order valence-corrected chi connectivity index (χ2v) is 7.02. The average Bonchev–Trinajstić information content (AvgIpc) is 3.14. The third kappa shape index (κ3) is 4.91. The molecule has 2 aromatic carbocycles. The van der Waals surface area contributed by atoms with Crippen LogP contribution in [0.5, 0.6) is 11.6 Å². The van der Waals surface area contributed by atoms with Gasteiger partial charge >= 0.3 is 6.36 Å². The summed E-state index contributed by atoms with van der Waals surface area (Å²) in [6.45, 7) is 3.04. The molecule has 0 radical (unpaired) electrons. The van der Waals surface area contributed by atoms with Crippen molar-refractivity contribution in [2.75, 3.05) is 26.4 Å². The normalized spacial score (nSPS) is 17.0. The highest BCUT2D eigenvalue weighted by molar-refractivity contribution is 5.87. The number of halogens is 3. The molecule has 1 fully saturated rings. The summed E-state index contributed by atoms with van der Waals surface area (Å²) in [6, 6.07) is 10.6. The van der Waals surface area contributed by atoms with E-state index in [1.54, 1.807) is 23.1 Å². The number of alkyl halides is 3. The fourth-order valence-electron chi connectivity index (χ4n) is 3.43. The molecule has 1 aliphatic heterocycles. The van der Waals surface area contributed by atoms with E-state index in [1.165, 1.54) is 31.2 Å². The Balaban J connectivity index is 1.52. The predicted octanol–water partition coefficient (Wildman–Crippen LogP) is 4.02. The minimum atomic E-state index is -4.74. The zero-order chi connectivity index (χ0) is 22.0. The highest BCUT2D eigenvalue weighted by atomic mass is 19.4. The number of hydrogen-bond donors (Lipinski definition) is 0. The van der Waals surface area contributed by atoms with Gasteiger partial charge in [-0.1, -0.05) is 18.2 Å². The predicted molar refractivity (Wildman–Crippen MR) is 104 cm³/mol. The van der Waals surface area contributed by atoms with Crippen LogP contribution in [-0.4, -0.2) is 54.7 Å². The standard InChI is InChI=1S/C21H19F3N2O5/c1-13(27)26-8-9-28-11-16(26)12-29-20-18-10-15(4-7-19(18)31-25-20)14-2-5-17(6-3-14)30-21(22,23)24/h2-7,10,16H,8-9,11-12H2,1H3/t16-/m0/s1. The fraction of sp³-hybridized carbons (Fsp3) is 0.333. The molecule has 0 spiro atoms. The smallest absolute Gasteiger partial charge is 0.473 e. The van der Waals surface area contributed by atoms with E-state index in [2.05, 4.69) is 9.89 Å². The lowest BCUT2D eigenvalue weighted by Crippen LogP contribution is -2.50. The minimum absolute atomic E-state index is 0.0536. The van der Waals surface area contributed by atoms with Gasteiger partial charge in [0.1, 0.15) is 12.4 Å². The maximum Gasteiger partial charge on any atom is 0.573 e. The van der Waals surface area contributed by atoms with Gasteiger partial charge in [0, 0.05) is 13.5 Å². The van der Waals surface area contributed by atoms with Crippen LogP contribution >= 0.6 is 0 Å². The summed E-state index contributed by atoms with van der Waals surface area (Å²) in [5.74, 6) is -0.0823. The zero-order valence-electron chi connectivity index (χ0n) is 16.5. The monoisotopic (exact) mass is 436 g/mol. The van der Waals surface area contributed by atoms with Crippen LogP contribution in [-0.2, 0) is 9.53 Å². The van der Waals surface area contributed by atoms with Gasteiger partial charge in [0.05, 0.1) is 24.6 Å². The first-order valence-corrected chi connectivity index (χ1v) is 9.53. The number of amides is 1. The number of aromatic nitrogens is 1. The van der Waals surface area contributed by atoms with Crippen molar-refractivity contribution < 1.29 is 36.7 Å². The number of fused-ring (bicyclic) bond motifs is 1. The number of carbonyl (C=O) groups is 1. The number of hydrogen-bond acceptors (Lipinski definition) is 6. The maximum absolute atomic E-state index is 12.3. The molecule has 10 heteroatoms. The maximum atomic E-state index is 12.3. The molecule has 3 aromatic rings. The number of benzene rings is 2. The number of nitrogens with zero attached hydrogens (tertiary/aromatic N) is 2. The molecule has 1 saturated heterocycles. The lowest BCUT2D eigenvalue weighted by Gasteiger charge is -2.34. The Kier molecular flexibility index (Phi) is 5.73. The van der Waals surface area contributed by atoms with Crippen molar-refractivity contribution in [3.8, 4) is 22.8 Å². The van der Waals surface area contributed by atoms with Crippen molar-refractivity contribution in [1.29, 1.82) is 0 Å². The highest BCUT2D eigenvalue weighted by Gasteiger charge is 2.31. The van der Waals surface area contributed by atoms with Crippen molar-refractivity contribution >= 4 is 16.9 Å². The fourth-order valence-corrected chi connectivity index (χ4v) is 3.43. The minimum Gasteiger partial charge on any atom is -0.473 e. The lowest BCUT2D eigenvalue weighted by atomic mass is 10.0. The Labute approximate surface area is 175 Å².